The average molecular weight is 271 g/mol. The summed E-state index contributed by atoms with van der Waals surface area (Å²) in [6.45, 7) is 6.29. The Morgan fingerprint density at radius 3 is 2.25 bits per heavy atom. The quantitative estimate of drug-likeness (QED) is 0.490. The van der Waals surface area contributed by atoms with Crippen molar-refractivity contribution in [2.45, 2.75) is 27.4 Å². The van der Waals surface area contributed by atoms with Gasteiger partial charge in [0, 0.05) is 12.1 Å². The van der Waals surface area contributed by atoms with Gasteiger partial charge in [0.1, 0.15) is 6.61 Å². The molecule has 104 valence electrons. The fourth-order valence-corrected chi connectivity index (χ4v) is 2.21. The number of benzene rings is 1. The van der Waals surface area contributed by atoms with E-state index in [2.05, 4.69) is 12.1 Å². The molecule has 1 heterocycles. The van der Waals surface area contributed by atoms with Crippen molar-refractivity contribution in [2.75, 3.05) is 0 Å². The lowest BCUT2D eigenvalue weighted by Gasteiger charge is -2.11. The van der Waals surface area contributed by atoms with Gasteiger partial charge in [-0.25, -0.2) is 4.79 Å². The van der Waals surface area contributed by atoms with Crippen molar-refractivity contribution < 1.29 is 14.3 Å². The van der Waals surface area contributed by atoms with Crippen LogP contribution in [0, 0.1) is 26.0 Å². The Morgan fingerprint density at radius 1 is 1.15 bits per heavy atom. The van der Waals surface area contributed by atoms with Crippen molar-refractivity contribution in [1.29, 1.82) is 0 Å². The number of ether oxygens (including phenoxy) is 1. The van der Waals surface area contributed by atoms with Crippen molar-refractivity contribution in [3.63, 3.8) is 0 Å². The molecule has 0 saturated carbocycles. The van der Waals surface area contributed by atoms with Crippen LogP contribution in [0.3, 0.4) is 0 Å². The Hall–Kier alpha value is -2.36. The molecule has 4 heteroatoms. The minimum Gasteiger partial charge on any atom is -0.619 e. The Morgan fingerprint density at radius 2 is 1.70 bits per heavy atom. The van der Waals surface area contributed by atoms with E-state index >= 15 is 0 Å². The van der Waals surface area contributed by atoms with Gasteiger partial charge in [-0.05, 0) is 37.5 Å². The molecule has 2 aromatic rings. The van der Waals surface area contributed by atoms with E-state index < -0.39 is 5.97 Å². The third-order valence-corrected chi connectivity index (χ3v) is 3.23. The minimum atomic E-state index is -0.426. The van der Waals surface area contributed by atoms with Gasteiger partial charge in [0.15, 0.2) is 12.4 Å². The number of carbonyl (C=O) groups excluding carboxylic acids is 1. The maximum Gasteiger partial charge on any atom is 0.338 e. The van der Waals surface area contributed by atoms with Gasteiger partial charge in [-0.3, -0.25) is 0 Å². The topological polar surface area (TPSA) is 53.2 Å². The van der Waals surface area contributed by atoms with Crippen LogP contribution in [0.2, 0.25) is 0 Å². The normalized spacial score (nSPS) is 10.3. The predicted octanol–water partition coefficient (Wildman–Crippen LogP) is 2.60. The molecule has 0 spiro atoms. The van der Waals surface area contributed by atoms with E-state index in [0.717, 1.165) is 16.7 Å². The summed E-state index contributed by atoms with van der Waals surface area (Å²) in [7, 11) is 0. The van der Waals surface area contributed by atoms with E-state index in [0.29, 0.717) is 10.3 Å². The van der Waals surface area contributed by atoms with Crippen LogP contribution in [-0.2, 0) is 11.3 Å². The fourth-order valence-electron chi connectivity index (χ4n) is 2.21. The van der Waals surface area contributed by atoms with Gasteiger partial charge in [-0.1, -0.05) is 17.7 Å². The number of hydrogen-bond acceptors (Lipinski definition) is 3. The zero-order valence-electron chi connectivity index (χ0n) is 11.8. The summed E-state index contributed by atoms with van der Waals surface area (Å²) >= 11 is 0. The lowest BCUT2D eigenvalue weighted by atomic mass is 10.0. The smallest absolute Gasteiger partial charge is 0.338 e. The molecule has 0 radical (unpaired) electrons. The summed E-state index contributed by atoms with van der Waals surface area (Å²) < 4.78 is 5.94. The van der Waals surface area contributed by atoms with Crippen LogP contribution in [0.4, 0.5) is 0 Å². The van der Waals surface area contributed by atoms with Crippen molar-refractivity contribution in [3.05, 3.63) is 69.7 Å². The lowest BCUT2D eigenvalue weighted by molar-refractivity contribution is -0.605. The molecule has 1 aromatic heterocycles. The van der Waals surface area contributed by atoms with Gasteiger partial charge in [-0.2, -0.15) is 4.73 Å². The number of esters is 1. The van der Waals surface area contributed by atoms with Gasteiger partial charge < -0.3 is 9.94 Å². The largest absolute Gasteiger partial charge is 0.619 e. The summed E-state index contributed by atoms with van der Waals surface area (Å²) in [6.07, 6.45) is 2.55. The van der Waals surface area contributed by atoms with E-state index in [4.69, 9.17) is 4.74 Å². The molecule has 0 fully saturated rings. The number of nitrogens with zero attached hydrogens (tertiary/aromatic N) is 1. The maximum absolute atomic E-state index is 11.9. The standard InChI is InChI=1S/C16H17NO3/c1-11-8-12(2)15(13(3)9-11)10-20-16(18)14-4-6-17(19)7-5-14/h4-9H,10H2,1-3H3. The second-order valence-corrected chi connectivity index (χ2v) is 4.90. The highest BCUT2D eigenvalue weighted by Crippen LogP contribution is 2.17. The number of hydrogen-bond donors (Lipinski definition) is 0. The van der Waals surface area contributed by atoms with Crippen LogP contribution in [0.25, 0.3) is 0 Å². The van der Waals surface area contributed by atoms with Gasteiger partial charge in [0.05, 0.1) is 5.56 Å². The summed E-state index contributed by atoms with van der Waals surface area (Å²) in [5.41, 5.74) is 4.82. The molecule has 0 amide bonds. The number of pyridine rings is 1. The molecular formula is C16H17NO3. The molecular weight excluding hydrogens is 254 g/mol. The SMILES string of the molecule is Cc1cc(C)c(COC(=O)c2cc[n+]([O-])cc2)c(C)c1. The zero-order chi connectivity index (χ0) is 14.7. The molecule has 0 saturated heterocycles. The number of rotatable bonds is 3. The van der Waals surface area contributed by atoms with Gasteiger partial charge in [0.25, 0.3) is 0 Å². The Bertz CT molecular complexity index is 610. The molecule has 0 aliphatic rings. The third-order valence-electron chi connectivity index (χ3n) is 3.23. The van der Waals surface area contributed by atoms with Crippen LogP contribution < -0.4 is 4.73 Å². The van der Waals surface area contributed by atoms with Crippen LogP contribution >= 0.6 is 0 Å². The van der Waals surface area contributed by atoms with Gasteiger partial charge in [-0.15, -0.1) is 0 Å². The van der Waals surface area contributed by atoms with E-state index in [1.165, 1.54) is 30.1 Å². The van der Waals surface area contributed by atoms with Crippen LogP contribution in [0.5, 0.6) is 0 Å². The Balaban J connectivity index is 2.09. The summed E-state index contributed by atoms with van der Waals surface area (Å²) in [5, 5.41) is 10.9. The van der Waals surface area contributed by atoms with E-state index in [1.54, 1.807) is 0 Å². The first kappa shape index (κ1) is 14.1. The molecule has 0 unspecified atom stereocenters. The third kappa shape index (κ3) is 3.15. The fraction of sp³-hybridized carbons (Fsp3) is 0.250. The second kappa shape index (κ2) is 5.74. The van der Waals surface area contributed by atoms with Crippen LogP contribution in [0.15, 0.2) is 36.7 Å². The van der Waals surface area contributed by atoms with Crippen molar-refractivity contribution in [3.8, 4) is 0 Å². The highest BCUT2D eigenvalue weighted by Gasteiger charge is 2.11. The van der Waals surface area contributed by atoms with Gasteiger partial charge in [0.2, 0.25) is 0 Å². The first-order chi connectivity index (χ1) is 9.47. The van der Waals surface area contributed by atoms with E-state index in [1.807, 2.05) is 20.8 Å². The molecule has 20 heavy (non-hydrogen) atoms. The molecule has 0 N–H and O–H groups in total. The molecule has 1 aromatic carbocycles. The van der Waals surface area contributed by atoms with Crippen LogP contribution in [-0.4, -0.2) is 5.97 Å². The highest BCUT2D eigenvalue weighted by molar-refractivity contribution is 5.89. The molecule has 2 rings (SSSR count). The molecule has 0 aliphatic heterocycles. The summed E-state index contributed by atoms with van der Waals surface area (Å²) in [6, 6.07) is 7.03. The number of aryl methyl sites for hydroxylation is 3. The highest BCUT2D eigenvalue weighted by atomic mass is 16.5. The van der Waals surface area contributed by atoms with Crippen LogP contribution in [0.1, 0.15) is 32.6 Å². The first-order valence-corrected chi connectivity index (χ1v) is 6.40. The van der Waals surface area contributed by atoms with E-state index in [9.17, 15) is 10.0 Å². The summed E-state index contributed by atoms with van der Waals surface area (Å²) in [4.78, 5) is 11.9. The molecule has 0 atom stereocenters. The molecule has 4 nitrogen and oxygen atoms in total. The number of carbonyl (C=O) groups is 1. The van der Waals surface area contributed by atoms with E-state index in [-0.39, 0.29) is 6.61 Å². The molecule has 0 bridgehead atoms. The zero-order valence-corrected chi connectivity index (χ0v) is 11.8. The minimum absolute atomic E-state index is 0.239. The Kier molecular flexibility index (Phi) is 4.03. The lowest BCUT2D eigenvalue weighted by Crippen LogP contribution is -2.24. The van der Waals surface area contributed by atoms with Crippen molar-refractivity contribution in [1.82, 2.24) is 0 Å². The summed E-state index contributed by atoms with van der Waals surface area (Å²) in [5.74, 6) is -0.426. The van der Waals surface area contributed by atoms with Gasteiger partial charge >= 0.3 is 5.97 Å². The van der Waals surface area contributed by atoms with Crippen molar-refractivity contribution >= 4 is 5.97 Å². The average Bonchev–Trinajstić information content (AvgIpc) is 2.38. The predicted molar refractivity (Wildman–Crippen MR) is 75.2 cm³/mol. The first-order valence-electron chi connectivity index (χ1n) is 6.40. The van der Waals surface area contributed by atoms with Crippen molar-refractivity contribution in [2.24, 2.45) is 0 Å². The molecule has 0 aliphatic carbocycles. The Labute approximate surface area is 118 Å². The monoisotopic (exact) mass is 271 g/mol. The second-order valence-electron chi connectivity index (χ2n) is 4.90. The number of aromatic nitrogens is 1. The maximum atomic E-state index is 11.9.